The number of carbonyl (C=O) groups is 2. The van der Waals surface area contributed by atoms with Gasteiger partial charge in [0.25, 0.3) is 5.91 Å². The summed E-state index contributed by atoms with van der Waals surface area (Å²) in [4.78, 5) is 21.8. The second kappa shape index (κ2) is 2.32. The van der Waals surface area contributed by atoms with Gasteiger partial charge in [0.2, 0.25) is 0 Å². The molecule has 0 unspecified atom stereocenters. The van der Waals surface area contributed by atoms with Crippen molar-refractivity contribution in [2.45, 2.75) is 0 Å². The molecule has 1 aliphatic heterocycles. The van der Waals surface area contributed by atoms with E-state index in [0.29, 0.717) is 0 Å². The molecule has 0 aromatic rings. The average Bonchev–Trinajstić information content (AvgIpc) is 1.83. The maximum Gasteiger partial charge on any atom is 0.427 e. The molecule has 0 saturated heterocycles. The van der Waals surface area contributed by atoms with E-state index >= 15 is 0 Å². The summed E-state index contributed by atoms with van der Waals surface area (Å²) in [6.07, 6.45) is 1.39. The van der Waals surface area contributed by atoms with Gasteiger partial charge in [0, 0.05) is 0 Å². The van der Waals surface area contributed by atoms with Crippen molar-refractivity contribution in [3.05, 3.63) is 11.2 Å². The first-order valence-corrected chi connectivity index (χ1v) is 3.39. The van der Waals surface area contributed by atoms with Crippen molar-refractivity contribution in [3.63, 3.8) is 0 Å². The van der Waals surface area contributed by atoms with Gasteiger partial charge in [0.05, 0.1) is 14.1 Å². The van der Waals surface area contributed by atoms with E-state index in [4.69, 9.17) is 11.6 Å². The third-order valence-corrected chi connectivity index (χ3v) is 1.67. The summed E-state index contributed by atoms with van der Waals surface area (Å²) in [5, 5.41) is 2.16. The van der Waals surface area contributed by atoms with Gasteiger partial charge in [-0.1, -0.05) is 11.6 Å². The Morgan fingerprint density at radius 1 is 1.45 bits per heavy atom. The highest BCUT2D eigenvalue weighted by atomic mass is 35.5. The summed E-state index contributed by atoms with van der Waals surface area (Å²) < 4.78 is -0.0510. The van der Waals surface area contributed by atoms with Crippen molar-refractivity contribution in [2.24, 2.45) is 0 Å². The number of hydrogen-bond donors (Lipinski definition) is 1. The third kappa shape index (κ3) is 1.41. The smallest absolute Gasteiger partial charge is 0.267 e. The number of nitrogens with zero attached hydrogens (tertiary/aromatic N) is 1. The fourth-order valence-corrected chi connectivity index (χ4v) is 0.993. The molecule has 3 amide bonds. The van der Waals surface area contributed by atoms with Crippen LogP contribution >= 0.6 is 11.6 Å². The Balaban J connectivity index is 3.06. The van der Waals surface area contributed by atoms with E-state index in [2.05, 4.69) is 5.32 Å². The molecule has 0 atom stereocenters. The summed E-state index contributed by atoms with van der Waals surface area (Å²) >= 11 is 5.50. The number of amides is 3. The van der Waals surface area contributed by atoms with E-state index in [1.165, 1.54) is 6.20 Å². The number of halogens is 1. The highest BCUT2D eigenvalue weighted by Gasteiger charge is 2.33. The molecule has 0 aliphatic carbocycles. The van der Waals surface area contributed by atoms with Gasteiger partial charge in [-0.05, 0) is 0 Å². The number of quaternary nitrogens is 1. The number of nitrogens with one attached hydrogen (secondary N) is 1. The molecule has 1 rings (SSSR count). The molecule has 5 heteroatoms. The molecule has 4 nitrogen and oxygen atoms in total. The normalized spacial score (nSPS) is 22.6. The van der Waals surface area contributed by atoms with E-state index in [-0.39, 0.29) is 15.5 Å². The summed E-state index contributed by atoms with van der Waals surface area (Å²) in [6.45, 7) is 0. The van der Waals surface area contributed by atoms with Crippen LogP contribution in [0.1, 0.15) is 0 Å². The van der Waals surface area contributed by atoms with Crippen LogP contribution in [-0.2, 0) is 4.79 Å². The van der Waals surface area contributed by atoms with Crippen LogP contribution in [0.4, 0.5) is 4.79 Å². The lowest BCUT2D eigenvalue weighted by molar-refractivity contribution is -0.754. The van der Waals surface area contributed by atoms with Gasteiger partial charge in [-0.2, -0.15) is 0 Å². The molecule has 1 aliphatic rings. The summed E-state index contributed by atoms with van der Waals surface area (Å²) in [7, 11) is 3.26. The molecule has 11 heavy (non-hydrogen) atoms. The van der Waals surface area contributed by atoms with Crippen LogP contribution in [0.5, 0.6) is 0 Å². The fraction of sp³-hybridized carbons (Fsp3) is 0.333. The number of urea groups is 1. The van der Waals surface area contributed by atoms with Crippen molar-refractivity contribution in [1.29, 1.82) is 0 Å². The number of carbonyl (C=O) groups excluding carboxylic acids is 2. The van der Waals surface area contributed by atoms with Gasteiger partial charge in [-0.15, -0.1) is 0 Å². The Morgan fingerprint density at radius 3 is 2.45 bits per heavy atom. The summed E-state index contributed by atoms with van der Waals surface area (Å²) in [5.74, 6) is -0.533. The first-order chi connectivity index (χ1) is 4.93. The molecular weight excluding hydrogens is 168 g/mol. The standard InChI is InChI=1S/C6H7ClN2O2/c1-9(2)3-4(7)5(10)8-6(9)11/h3H,1-2H3/p+1. The van der Waals surface area contributed by atoms with Crippen molar-refractivity contribution in [2.75, 3.05) is 14.1 Å². The Kier molecular flexibility index (Phi) is 1.74. The third-order valence-electron chi connectivity index (χ3n) is 1.40. The maximum atomic E-state index is 11.0. The van der Waals surface area contributed by atoms with Crippen molar-refractivity contribution < 1.29 is 14.1 Å². The minimum absolute atomic E-state index is 0.0506. The molecule has 1 heterocycles. The molecule has 1 N–H and O–H groups in total. The van der Waals surface area contributed by atoms with E-state index in [1.54, 1.807) is 14.1 Å². The predicted octanol–water partition coefficient (Wildman–Crippen LogP) is 0.393. The van der Waals surface area contributed by atoms with E-state index < -0.39 is 5.91 Å². The van der Waals surface area contributed by atoms with Gasteiger partial charge < -0.3 is 0 Å². The topological polar surface area (TPSA) is 46.2 Å². The van der Waals surface area contributed by atoms with E-state index in [0.717, 1.165) is 0 Å². The second-order valence-corrected chi connectivity index (χ2v) is 3.18. The van der Waals surface area contributed by atoms with E-state index in [1.807, 2.05) is 0 Å². The van der Waals surface area contributed by atoms with Gasteiger partial charge in [-0.25, -0.2) is 14.6 Å². The molecule has 0 aromatic carbocycles. The van der Waals surface area contributed by atoms with Gasteiger partial charge in [-0.3, -0.25) is 4.79 Å². The van der Waals surface area contributed by atoms with Gasteiger partial charge in [0.15, 0.2) is 5.03 Å². The van der Waals surface area contributed by atoms with Crippen LogP contribution in [0.2, 0.25) is 0 Å². The molecule has 0 fully saturated rings. The summed E-state index contributed by atoms with van der Waals surface area (Å²) in [5.41, 5.74) is 0. The fourth-order valence-electron chi connectivity index (χ4n) is 0.702. The van der Waals surface area contributed by atoms with Crippen LogP contribution in [0.3, 0.4) is 0 Å². The lowest BCUT2D eigenvalue weighted by atomic mass is 10.4. The summed E-state index contributed by atoms with van der Waals surface area (Å²) in [6, 6.07) is -0.376. The minimum atomic E-state index is -0.533. The van der Waals surface area contributed by atoms with Crippen molar-refractivity contribution in [1.82, 2.24) is 5.32 Å². The maximum absolute atomic E-state index is 11.0. The van der Waals surface area contributed by atoms with Crippen LogP contribution in [0, 0.1) is 0 Å². The van der Waals surface area contributed by atoms with Crippen molar-refractivity contribution >= 4 is 23.5 Å². The molecule has 60 valence electrons. The minimum Gasteiger partial charge on any atom is -0.267 e. The Labute approximate surface area is 69.0 Å². The molecular formula is C6H8ClN2O2+. The molecule has 0 bridgehead atoms. The van der Waals surface area contributed by atoms with E-state index in [9.17, 15) is 9.59 Å². The number of hydrogen-bond acceptors (Lipinski definition) is 2. The lowest BCUT2D eigenvalue weighted by Gasteiger charge is -2.24. The van der Waals surface area contributed by atoms with Crippen LogP contribution < -0.4 is 5.32 Å². The second-order valence-electron chi connectivity index (χ2n) is 2.78. The highest BCUT2D eigenvalue weighted by Crippen LogP contribution is 2.13. The van der Waals surface area contributed by atoms with Crippen LogP contribution in [-0.4, -0.2) is 30.5 Å². The molecule has 0 saturated carbocycles. The Morgan fingerprint density at radius 2 is 2.00 bits per heavy atom. The van der Waals surface area contributed by atoms with Gasteiger partial charge in [0.1, 0.15) is 6.20 Å². The molecule has 0 aromatic heterocycles. The average molecular weight is 176 g/mol. The largest absolute Gasteiger partial charge is 0.427 e. The zero-order valence-electron chi connectivity index (χ0n) is 6.22. The van der Waals surface area contributed by atoms with Crippen molar-refractivity contribution in [3.8, 4) is 0 Å². The quantitative estimate of drug-likeness (QED) is 0.542. The van der Waals surface area contributed by atoms with Gasteiger partial charge >= 0.3 is 6.03 Å². The molecule has 0 spiro atoms. The molecule has 0 radical (unpaired) electrons. The first-order valence-electron chi connectivity index (χ1n) is 3.01. The van der Waals surface area contributed by atoms with Crippen LogP contribution in [0.25, 0.3) is 0 Å². The lowest BCUT2D eigenvalue weighted by Crippen LogP contribution is -2.53. The predicted molar refractivity (Wildman–Crippen MR) is 39.6 cm³/mol. The Bertz CT molecular complexity index is 257. The monoisotopic (exact) mass is 175 g/mol. The zero-order chi connectivity index (χ0) is 8.65. The Hall–Kier alpha value is -0.870. The zero-order valence-corrected chi connectivity index (χ0v) is 6.97. The highest BCUT2D eigenvalue weighted by molar-refractivity contribution is 6.43. The number of rotatable bonds is 0. The van der Waals surface area contributed by atoms with Crippen LogP contribution in [0.15, 0.2) is 11.2 Å². The first kappa shape index (κ1) is 8.23. The number of imide groups is 1. The SMILES string of the molecule is C[N+]1(C)C=C(Cl)C(=O)NC1=O.